The largest absolute Gasteiger partial charge is 0.399 e. The number of nitrogens with one attached hydrogen (secondary N) is 1. The Balaban J connectivity index is 3.12. The predicted molar refractivity (Wildman–Crippen MR) is 67.2 cm³/mol. The zero-order valence-electron chi connectivity index (χ0n) is 8.70. The van der Waals surface area contributed by atoms with Crippen LogP contribution in [0.3, 0.4) is 0 Å². The second-order valence-electron chi connectivity index (χ2n) is 3.17. The molecule has 0 aromatic heterocycles. The molecule has 1 aromatic rings. The van der Waals surface area contributed by atoms with Gasteiger partial charge in [-0.3, -0.25) is 0 Å². The van der Waals surface area contributed by atoms with Crippen molar-refractivity contribution in [2.75, 3.05) is 12.3 Å². The van der Waals surface area contributed by atoms with E-state index >= 15 is 0 Å². The quantitative estimate of drug-likeness (QED) is 0.501. The van der Waals surface area contributed by atoms with E-state index < -0.39 is 20.7 Å². The van der Waals surface area contributed by atoms with Crippen LogP contribution in [0.15, 0.2) is 21.5 Å². The molecular formula is C10H10BrFN2O2S. The van der Waals surface area contributed by atoms with Gasteiger partial charge in [-0.05, 0) is 28.1 Å². The molecule has 0 spiro atoms. The Kier molecular flexibility index (Phi) is 4.51. The van der Waals surface area contributed by atoms with Crippen LogP contribution in [0.25, 0.3) is 0 Å². The van der Waals surface area contributed by atoms with E-state index in [4.69, 9.17) is 12.2 Å². The van der Waals surface area contributed by atoms with Crippen molar-refractivity contribution in [2.45, 2.75) is 11.3 Å². The molecule has 0 aliphatic carbocycles. The van der Waals surface area contributed by atoms with Gasteiger partial charge in [0.1, 0.15) is 4.90 Å². The van der Waals surface area contributed by atoms with E-state index in [9.17, 15) is 12.8 Å². The van der Waals surface area contributed by atoms with Gasteiger partial charge in [-0.15, -0.1) is 12.3 Å². The molecule has 17 heavy (non-hydrogen) atoms. The first-order chi connectivity index (χ1) is 7.88. The summed E-state index contributed by atoms with van der Waals surface area (Å²) < 4.78 is 39.3. The van der Waals surface area contributed by atoms with Crippen molar-refractivity contribution >= 4 is 31.6 Å². The molecule has 3 N–H and O–H groups in total. The molecule has 0 aliphatic heterocycles. The van der Waals surface area contributed by atoms with Crippen LogP contribution in [0.5, 0.6) is 0 Å². The summed E-state index contributed by atoms with van der Waals surface area (Å²) in [5.41, 5.74) is 5.61. The smallest absolute Gasteiger partial charge is 0.243 e. The van der Waals surface area contributed by atoms with Crippen LogP contribution >= 0.6 is 15.9 Å². The van der Waals surface area contributed by atoms with Crippen molar-refractivity contribution in [3.63, 3.8) is 0 Å². The molecule has 0 radical (unpaired) electrons. The van der Waals surface area contributed by atoms with Gasteiger partial charge in [-0.1, -0.05) is 0 Å². The zero-order valence-corrected chi connectivity index (χ0v) is 11.1. The molecule has 0 saturated carbocycles. The maximum atomic E-state index is 13.6. The Morgan fingerprint density at radius 3 is 2.76 bits per heavy atom. The minimum Gasteiger partial charge on any atom is -0.399 e. The van der Waals surface area contributed by atoms with Gasteiger partial charge in [0.15, 0.2) is 5.82 Å². The van der Waals surface area contributed by atoms with Gasteiger partial charge in [0.25, 0.3) is 0 Å². The molecule has 0 heterocycles. The van der Waals surface area contributed by atoms with Gasteiger partial charge in [0, 0.05) is 18.7 Å². The Hall–Kier alpha value is -1.10. The Bertz CT molecular complexity index is 566. The monoisotopic (exact) mass is 320 g/mol. The number of rotatable bonds is 4. The van der Waals surface area contributed by atoms with Gasteiger partial charge in [-0.2, -0.15) is 0 Å². The first-order valence-electron chi connectivity index (χ1n) is 4.56. The molecule has 0 saturated heterocycles. The number of hydrogen-bond acceptors (Lipinski definition) is 3. The van der Waals surface area contributed by atoms with E-state index in [1.54, 1.807) is 0 Å². The fourth-order valence-electron chi connectivity index (χ4n) is 1.11. The lowest BCUT2D eigenvalue weighted by Crippen LogP contribution is -2.25. The highest BCUT2D eigenvalue weighted by Crippen LogP contribution is 2.25. The molecular weight excluding hydrogens is 311 g/mol. The van der Waals surface area contributed by atoms with E-state index in [0.717, 1.165) is 6.07 Å². The average molecular weight is 321 g/mol. The molecule has 0 fully saturated rings. The van der Waals surface area contributed by atoms with Gasteiger partial charge in [0.2, 0.25) is 10.0 Å². The summed E-state index contributed by atoms with van der Waals surface area (Å²) in [6, 6.07) is 2.34. The predicted octanol–water partition coefficient (Wildman–Crippen LogP) is 1.47. The maximum absolute atomic E-state index is 13.6. The highest BCUT2D eigenvalue weighted by atomic mass is 79.9. The van der Waals surface area contributed by atoms with E-state index in [-0.39, 0.29) is 23.1 Å². The van der Waals surface area contributed by atoms with Crippen LogP contribution < -0.4 is 10.5 Å². The number of benzene rings is 1. The van der Waals surface area contributed by atoms with E-state index in [1.807, 2.05) is 0 Å². The Morgan fingerprint density at radius 1 is 1.53 bits per heavy atom. The lowest BCUT2D eigenvalue weighted by Gasteiger charge is -2.08. The maximum Gasteiger partial charge on any atom is 0.243 e. The molecule has 0 amide bonds. The minimum atomic E-state index is -3.94. The van der Waals surface area contributed by atoms with Gasteiger partial charge in [-0.25, -0.2) is 17.5 Å². The highest BCUT2D eigenvalue weighted by Gasteiger charge is 2.21. The van der Waals surface area contributed by atoms with Crippen molar-refractivity contribution in [3.8, 4) is 12.3 Å². The molecule has 0 aliphatic rings. The van der Waals surface area contributed by atoms with Gasteiger partial charge < -0.3 is 5.73 Å². The average Bonchev–Trinajstić information content (AvgIpc) is 2.23. The summed E-state index contributed by atoms with van der Waals surface area (Å²) in [5, 5.41) is 0. The third kappa shape index (κ3) is 3.43. The van der Waals surface area contributed by atoms with E-state index in [0.29, 0.717) is 0 Å². The number of hydrogen-bond donors (Lipinski definition) is 2. The Labute approximate surface area is 108 Å². The van der Waals surface area contributed by atoms with E-state index in [2.05, 4.69) is 26.6 Å². The lowest BCUT2D eigenvalue weighted by atomic mass is 10.3. The minimum absolute atomic E-state index is 0.00479. The first kappa shape index (κ1) is 14.0. The summed E-state index contributed by atoms with van der Waals surface area (Å²) >= 11 is 2.89. The molecule has 7 heteroatoms. The summed E-state index contributed by atoms with van der Waals surface area (Å²) in [6.07, 6.45) is 5.21. The number of nitrogens with two attached hydrogens (primary N) is 1. The van der Waals surface area contributed by atoms with Crippen molar-refractivity contribution in [1.82, 2.24) is 4.72 Å². The zero-order chi connectivity index (χ0) is 13.1. The second kappa shape index (κ2) is 5.49. The molecule has 0 atom stereocenters. The summed E-state index contributed by atoms with van der Waals surface area (Å²) in [6.45, 7) is 0.0463. The summed E-state index contributed by atoms with van der Waals surface area (Å²) in [4.78, 5) is -0.499. The van der Waals surface area contributed by atoms with Crippen molar-refractivity contribution in [1.29, 1.82) is 0 Å². The molecule has 4 nitrogen and oxygen atoms in total. The normalized spacial score (nSPS) is 11.1. The molecule has 0 bridgehead atoms. The van der Waals surface area contributed by atoms with Crippen LogP contribution in [0, 0.1) is 18.2 Å². The van der Waals surface area contributed by atoms with Crippen molar-refractivity contribution in [3.05, 3.63) is 22.4 Å². The summed E-state index contributed by atoms with van der Waals surface area (Å²) in [7, 11) is -3.94. The fraction of sp³-hybridized carbons (Fsp3) is 0.200. The SMILES string of the molecule is C#CCCNS(=O)(=O)c1cc(N)cc(Br)c1F. The van der Waals surface area contributed by atoms with Crippen LogP contribution in [-0.4, -0.2) is 15.0 Å². The third-order valence-corrected chi connectivity index (χ3v) is 3.91. The number of sulfonamides is 1. The lowest BCUT2D eigenvalue weighted by molar-refractivity contribution is 0.555. The number of nitrogen functional groups attached to an aromatic ring is 1. The third-order valence-electron chi connectivity index (χ3n) is 1.87. The number of terminal acetylenes is 1. The number of anilines is 1. The highest BCUT2D eigenvalue weighted by molar-refractivity contribution is 9.10. The van der Waals surface area contributed by atoms with Crippen LogP contribution in [0.1, 0.15) is 6.42 Å². The van der Waals surface area contributed by atoms with Crippen LogP contribution in [0.2, 0.25) is 0 Å². The molecule has 92 valence electrons. The second-order valence-corrected chi connectivity index (χ2v) is 5.76. The molecule has 1 rings (SSSR count). The van der Waals surface area contributed by atoms with Gasteiger partial charge >= 0.3 is 0 Å². The summed E-state index contributed by atoms with van der Waals surface area (Å²) in [5.74, 6) is 1.39. The Morgan fingerprint density at radius 2 is 2.18 bits per heavy atom. The van der Waals surface area contributed by atoms with Crippen LogP contribution in [0.4, 0.5) is 10.1 Å². The first-order valence-corrected chi connectivity index (χ1v) is 6.83. The van der Waals surface area contributed by atoms with E-state index in [1.165, 1.54) is 6.07 Å². The topological polar surface area (TPSA) is 72.2 Å². The fourth-order valence-corrected chi connectivity index (χ4v) is 2.89. The van der Waals surface area contributed by atoms with Crippen molar-refractivity contribution < 1.29 is 12.8 Å². The van der Waals surface area contributed by atoms with Crippen molar-refractivity contribution in [2.24, 2.45) is 0 Å². The molecule has 1 aromatic carbocycles. The number of halogens is 2. The molecule has 0 unspecified atom stereocenters. The van der Waals surface area contributed by atoms with Gasteiger partial charge in [0.05, 0.1) is 4.47 Å². The standard InChI is InChI=1S/C10H10BrFN2O2S/c1-2-3-4-14-17(15,16)9-6-7(13)5-8(11)10(9)12/h1,5-6,14H,3-4,13H2. The van der Waals surface area contributed by atoms with Crippen LogP contribution in [-0.2, 0) is 10.0 Å².